The van der Waals surface area contributed by atoms with Crippen molar-refractivity contribution in [3.63, 3.8) is 0 Å². The molecule has 0 aliphatic heterocycles. The van der Waals surface area contributed by atoms with Gasteiger partial charge in [0, 0.05) is 12.0 Å². The Morgan fingerprint density at radius 1 is 0.684 bits per heavy atom. The topological polar surface area (TPSA) is 88.7 Å². The molecule has 0 atom stereocenters. The number of nitrogens with one attached hydrogen (secondary N) is 3. The second-order valence-corrected chi connectivity index (χ2v) is 8.60. The second kappa shape index (κ2) is 13.6. The van der Waals surface area contributed by atoms with Gasteiger partial charge in [-0.15, -0.1) is 0 Å². The van der Waals surface area contributed by atoms with Crippen LogP contribution in [0.2, 0.25) is 0 Å². The highest BCUT2D eigenvalue weighted by atomic mass is 32.1. The molecule has 2 amide bonds. The van der Waals surface area contributed by atoms with Crippen molar-refractivity contribution in [2.45, 2.75) is 6.42 Å². The van der Waals surface area contributed by atoms with Crippen molar-refractivity contribution in [2.24, 2.45) is 0 Å². The molecular formula is C30H27N3O4S. The number of hydrogen-bond donors (Lipinski definition) is 3. The van der Waals surface area contributed by atoms with Crippen LogP contribution in [0.25, 0.3) is 11.1 Å². The summed E-state index contributed by atoms with van der Waals surface area (Å²) in [6, 6.07) is 34.1. The molecule has 0 aromatic heterocycles. The average Bonchev–Trinajstić information content (AvgIpc) is 2.96. The zero-order chi connectivity index (χ0) is 26.6. The lowest BCUT2D eigenvalue weighted by Gasteiger charge is -2.14. The first-order chi connectivity index (χ1) is 18.6. The van der Waals surface area contributed by atoms with Crippen molar-refractivity contribution in [2.75, 3.05) is 13.2 Å². The maximum Gasteiger partial charge on any atom is 0.276 e. The van der Waals surface area contributed by atoms with Crippen molar-refractivity contribution in [3.05, 3.63) is 120 Å². The van der Waals surface area contributed by atoms with Crippen LogP contribution in [-0.2, 0) is 11.2 Å². The second-order valence-electron chi connectivity index (χ2n) is 8.19. The number of para-hydroxylation sites is 2. The summed E-state index contributed by atoms with van der Waals surface area (Å²) in [5.41, 5.74) is 8.29. The third-order valence-electron chi connectivity index (χ3n) is 5.50. The van der Waals surface area contributed by atoms with Gasteiger partial charge in [-0.25, -0.2) is 0 Å². The van der Waals surface area contributed by atoms with Gasteiger partial charge in [0.05, 0.1) is 12.2 Å². The number of carbonyl (C=O) groups is 2. The number of hydrogen-bond acceptors (Lipinski definition) is 5. The molecule has 4 aromatic carbocycles. The predicted molar refractivity (Wildman–Crippen MR) is 151 cm³/mol. The normalized spacial score (nSPS) is 10.2. The average molecular weight is 526 g/mol. The Kier molecular flexibility index (Phi) is 9.42. The molecule has 0 saturated heterocycles. The summed E-state index contributed by atoms with van der Waals surface area (Å²) in [4.78, 5) is 25.1. The standard InChI is InChI=1S/C30H27N3O4S/c34-28(21-37-26-17-9-7-15-24(26)23-13-5-2-6-14-23)32-33-30(38)31-29(35)25-16-8-10-18-27(25)36-20-19-22-11-3-1-4-12-22/h1-18H,19-21H2,(H,32,34)(H2,31,33,35,38). The van der Waals surface area contributed by atoms with E-state index in [9.17, 15) is 9.59 Å². The highest BCUT2D eigenvalue weighted by molar-refractivity contribution is 7.80. The highest BCUT2D eigenvalue weighted by Crippen LogP contribution is 2.29. The molecule has 0 radical (unpaired) electrons. The van der Waals surface area contributed by atoms with Crippen LogP contribution >= 0.6 is 12.2 Å². The number of rotatable bonds is 9. The fourth-order valence-electron chi connectivity index (χ4n) is 3.66. The minimum atomic E-state index is -0.464. The zero-order valence-corrected chi connectivity index (χ0v) is 21.4. The summed E-state index contributed by atoms with van der Waals surface area (Å²) in [6.07, 6.45) is 0.709. The third-order valence-corrected chi connectivity index (χ3v) is 5.70. The van der Waals surface area contributed by atoms with Gasteiger partial charge in [0.25, 0.3) is 11.8 Å². The molecule has 0 aliphatic carbocycles. The van der Waals surface area contributed by atoms with Gasteiger partial charge in [0.15, 0.2) is 11.7 Å². The summed E-state index contributed by atoms with van der Waals surface area (Å²) < 4.78 is 11.6. The highest BCUT2D eigenvalue weighted by Gasteiger charge is 2.14. The lowest BCUT2D eigenvalue weighted by Crippen LogP contribution is -2.49. The monoisotopic (exact) mass is 525 g/mol. The summed E-state index contributed by atoms with van der Waals surface area (Å²) in [5, 5.41) is 2.49. The molecule has 4 aromatic rings. The molecule has 7 nitrogen and oxygen atoms in total. The zero-order valence-electron chi connectivity index (χ0n) is 20.6. The first kappa shape index (κ1) is 26.4. The molecular weight excluding hydrogens is 498 g/mol. The summed E-state index contributed by atoms with van der Waals surface area (Å²) in [5.74, 6) is 0.0982. The van der Waals surface area contributed by atoms with Crippen LogP contribution in [0.4, 0.5) is 0 Å². The lowest BCUT2D eigenvalue weighted by atomic mass is 10.1. The van der Waals surface area contributed by atoms with Crippen LogP contribution in [0, 0.1) is 0 Å². The van der Waals surface area contributed by atoms with Crippen molar-refractivity contribution in [3.8, 4) is 22.6 Å². The summed E-state index contributed by atoms with van der Waals surface area (Å²) in [6.45, 7) is 0.173. The van der Waals surface area contributed by atoms with Gasteiger partial charge in [0.2, 0.25) is 0 Å². The van der Waals surface area contributed by atoms with E-state index in [0.717, 1.165) is 16.7 Å². The molecule has 192 valence electrons. The number of hydrazine groups is 1. The first-order valence-electron chi connectivity index (χ1n) is 12.0. The van der Waals surface area contributed by atoms with Crippen LogP contribution in [-0.4, -0.2) is 30.1 Å². The van der Waals surface area contributed by atoms with Crippen molar-refractivity contribution in [1.29, 1.82) is 0 Å². The van der Waals surface area contributed by atoms with E-state index in [1.54, 1.807) is 30.3 Å². The van der Waals surface area contributed by atoms with Gasteiger partial charge in [0.1, 0.15) is 11.5 Å². The van der Waals surface area contributed by atoms with Crippen LogP contribution in [0.1, 0.15) is 15.9 Å². The molecule has 0 bridgehead atoms. The van der Waals surface area contributed by atoms with E-state index in [0.29, 0.717) is 30.1 Å². The largest absolute Gasteiger partial charge is 0.492 e. The van der Waals surface area contributed by atoms with E-state index >= 15 is 0 Å². The number of thiocarbonyl (C=S) groups is 1. The third kappa shape index (κ3) is 7.65. The van der Waals surface area contributed by atoms with Gasteiger partial charge in [-0.05, 0) is 41.5 Å². The van der Waals surface area contributed by atoms with Gasteiger partial charge in [-0.2, -0.15) is 0 Å². The van der Waals surface area contributed by atoms with Crippen LogP contribution in [0.5, 0.6) is 11.5 Å². The SMILES string of the molecule is O=C(COc1ccccc1-c1ccccc1)NNC(=S)NC(=O)c1ccccc1OCCc1ccccc1. The molecule has 0 unspecified atom stereocenters. The minimum absolute atomic E-state index is 0.0628. The van der Waals surface area contributed by atoms with E-state index in [2.05, 4.69) is 16.2 Å². The fourth-order valence-corrected chi connectivity index (χ4v) is 3.80. The molecule has 0 spiro atoms. The van der Waals surface area contributed by atoms with Crippen molar-refractivity contribution >= 4 is 29.1 Å². The smallest absolute Gasteiger partial charge is 0.276 e. The molecule has 0 fully saturated rings. The van der Waals surface area contributed by atoms with Crippen LogP contribution < -0.4 is 25.6 Å². The van der Waals surface area contributed by atoms with Gasteiger partial charge < -0.3 is 9.47 Å². The van der Waals surface area contributed by atoms with Gasteiger partial charge in [-0.1, -0.05) is 91.0 Å². The van der Waals surface area contributed by atoms with E-state index < -0.39 is 11.8 Å². The quantitative estimate of drug-likeness (QED) is 0.217. The molecule has 0 aliphatic rings. The maximum atomic E-state index is 12.8. The Morgan fingerprint density at radius 3 is 2.08 bits per heavy atom. The van der Waals surface area contributed by atoms with Gasteiger partial charge in [-0.3, -0.25) is 25.8 Å². The van der Waals surface area contributed by atoms with E-state index in [1.165, 1.54) is 0 Å². The maximum absolute atomic E-state index is 12.8. The molecule has 8 heteroatoms. The van der Waals surface area contributed by atoms with E-state index in [1.807, 2.05) is 78.9 Å². The molecule has 4 rings (SSSR count). The Bertz CT molecular complexity index is 1380. The van der Waals surface area contributed by atoms with Crippen LogP contribution in [0.3, 0.4) is 0 Å². The molecule has 0 heterocycles. The number of amides is 2. The Labute approximate surface area is 226 Å². The summed E-state index contributed by atoms with van der Waals surface area (Å²) in [7, 11) is 0. The predicted octanol–water partition coefficient (Wildman–Crippen LogP) is 4.69. The van der Waals surface area contributed by atoms with Crippen molar-refractivity contribution in [1.82, 2.24) is 16.2 Å². The van der Waals surface area contributed by atoms with E-state index in [-0.39, 0.29) is 11.7 Å². The Hall–Kier alpha value is -4.69. The number of carbonyl (C=O) groups excluding carboxylic acids is 2. The van der Waals surface area contributed by atoms with Gasteiger partial charge >= 0.3 is 0 Å². The Morgan fingerprint density at radius 2 is 1.32 bits per heavy atom. The lowest BCUT2D eigenvalue weighted by molar-refractivity contribution is -0.123. The molecule has 3 N–H and O–H groups in total. The van der Waals surface area contributed by atoms with E-state index in [4.69, 9.17) is 21.7 Å². The molecule has 0 saturated carbocycles. The summed E-state index contributed by atoms with van der Waals surface area (Å²) >= 11 is 5.17. The number of ether oxygens (including phenoxy) is 2. The van der Waals surface area contributed by atoms with Crippen molar-refractivity contribution < 1.29 is 19.1 Å². The first-order valence-corrected chi connectivity index (χ1v) is 12.4. The number of benzene rings is 4. The molecule has 38 heavy (non-hydrogen) atoms. The van der Waals surface area contributed by atoms with Crippen LogP contribution in [0.15, 0.2) is 109 Å². The Balaban J connectivity index is 1.24. The minimum Gasteiger partial charge on any atom is -0.492 e. The fraction of sp³-hybridized carbons (Fsp3) is 0.100.